The van der Waals surface area contributed by atoms with Crippen LogP contribution in [0.25, 0.3) is 0 Å². The monoisotopic (exact) mass is 392 g/mol. The van der Waals surface area contributed by atoms with Crippen LogP contribution in [-0.4, -0.2) is 32.3 Å². The molecule has 0 aromatic heterocycles. The normalized spacial score (nSPS) is 26.3. The lowest BCUT2D eigenvalue weighted by atomic mass is 10.4. The third kappa shape index (κ3) is 9.47. The summed E-state index contributed by atoms with van der Waals surface area (Å²) >= 11 is 0. The molecule has 0 spiro atoms. The van der Waals surface area contributed by atoms with Crippen LogP contribution in [0.3, 0.4) is 0 Å². The summed E-state index contributed by atoms with van der Waals surface area (Å²) in [5.74, 6) is 0. The number of hydrogen-bond donors (Lipinski definition) is 0. The Morgan fingerprint density at radius 2 is 0.542 bits per heavy atom. The van der Waals surface area contributed by atoms with E-state index in [-0.39, 0.29) is 0 Å². The van der Waals surface area contributed by atoms with Crippen LogP contribution in [0.15, 0.2) is 0 Å². The van der Waals surface area contributed by atoms with Gasteiger partial charge in [0.25, 0.3) is 0 Å². The van der Waals surface area contributed by atoms with Gasteiger partial charge in [0, 0.05) is 0 Å². The van der Waals surface area contributed by atoms with Crippen LogP contribution in [0.2, 0.25) is 76.6 Å². The molecule has 0 fully saturated rings. The molecule has 0 N–H and O–H groups in total. The van der Waals surface area contributed by atoms with E-state index in [1.807, 2.05) is 0 Å². The highest BCUT2D eigenvalue weighted by Gasteiger charge is 2.25. The summed E-state index contributed by atoms with van der Waals surface area (Å²) in [4.78, 5) is 0. The minimum Gasteiger partial charge on any atom is -0.139 e. The zero-order valence-electron chi connectivity index (χ0n) is 17.7. The van der Waals surface area contributed by atoms with Gasteiger partial charge in [0.05, 0.1) is 0 Å². The maximum Gasteiger partial charge on any atom is 0.131 e. The summed E-state index contributed by atoms with van der Waals surface area (Å²) in [6.07, 6.45) is 5.48. The third-order valence-corrected chi connectivity index (χ3v) is 15.3. The van der Waals surface area contributed by atoms with Gasteiger partial charge in [-0.25, -0.2) is 0 Å². The Bertz CT molecular complexity index is 441. The fourth-order valence-corrected chi connectivity index (χ4v) is 13.6. The first-order valence-electron chi connectivity index (χ1n) is 9.91. The Morgan fingerprint density at radius 1 is 0.375 bits per heavy atom. The average Bonchev–Trinajstić information content (AvgIpc) is 2.44. The van der Waals surface area contributed by atoms with Gasteiger partial charge in [-0.1, -0.05) is 78.1 Å². The van der Waals surface area contributed by atoms with Gasteiger partial charge in [0.2, 0.25) is 0 Å². The summed E-state index contributed by atoms with van der Waals surface area (Å²) < 4.78 is 0. The van der Waals surface area contributed by atoms with Crippen molar-refractivity contribution in [1.29, 1.82) is 0 Å². The molecule has 0 saturated carbocycles. The molecule has 0 saturated heterocycles. The molecule has 0 aromatic rings. The maximum absolute atomic E-state index is 3.81. The van der Waals surface area contributed by atoms with Gasteiger partial charge in [-0.3, -0.25) is 0 Å². The zero-order chi connectivity index (χ0) is 18.5. The highest BCUT2D eigenvalue weighted by molar-refractivity contribution is 6.91. The molecule has 24 heavy (non-hydrogen) atoms. The molecule has 0 radical (unpaired) electrons. The second kappa shape index (κ2) is 8.58. The van der Waals surface area contributed by atoms with Crippen molar-refractivity contribution in [2.24, 2.45) is 0 Å². The van der Waals surface area contributed by atoms with Crippen molar-refractivity contribution in [3.05, 3.63) is 0 Å². The summed E-state index contributed by atoms with van der Waals surface area (Å²) in [7, 11) is -5.27. The number of rotatable bonds is 0. The lowest BCUT2D eigenvalue weighted by Gasteiger charge is -2.22. The van der Waals surface area contributed by atoms with Gasteiger partial charge in [0.15, 0.2) is 0 Å². The second-order valence-electron chi connectivity index (χ2n) is 10.4. The summed E-state index contributed by atoms with van der Waals surface area (Å²) in [6.45, 7) is 19.8. The van der Waals surface area contributed by atoms with Gasteiger partial charge in [-0.15, -0.1) is 22.2 Å². The van der Waals surface area contributed by atoms with Crippen LogP contribution in [0, 0.1) is 22.2 Å². The predicted molar refractivity (Wildman–Crippen MR) is 123 cm³/mol. The summed E-state index contributed by atoms with van der Waals surface area (Å²) in [5.41, 5.74) is 15.2. The molecule has 1 heterocycles. The van der Waals surface area contributed by atoms with Crippen LogP contribution in [0.5, 0.6) is 0 Å². The van der Waals surface area contributed by atoms with Crippen LogP contribution in [0.1, 0.15) is 25.7 Å². The zero-order valence-corrected chi connectivity index (χ0v) is 21.7. The third-order valence-electron chi connectivity index (χ3n) is 5.19. The van der Waals surface area contributed by atoms with Crippen molar-refractivity contribution >= 4 is 32.3 Å². The fraction of sp³-hybridized carbons (Fsp3) is 0.800. The van der Waals surface area contributed by atoms with Crippen molar-refractivity contribution in [3.8, 4) is 22.2 Å². The van der Waals surface area contributed by atoms with Gasteiger partial charge in [0.1, 0.15) is 32.3 Å². The molecule has 0 amide bonds. The molecule has 0 bridgehead atoms. The van der Waals surface area contributed by atoms with Crippen molar-refractivity contribution in [1.82, 2.24) is 0 Å². The first-order valence-corrected chi connectivity index (χ1v) is 22.7. The van der Waals surface area contributed by atoms with E-state index >= 15 is 0 Å². The van der Waals surface area contributed by atoms with Crippen LogP contribution < -0.4 is 0 Å². The molecule has 1 aliphatic rings. The van der Waals surface area contributed by atoms with E-state index in [0.29, 0.717) is 0 Å². The Morgan fingerprint density at radius 3 is 0.708 bits per heavy atom. The first-order chi connectivity index (χ1) is 10.8. The van der Waals surface area contributed by atoms with Gasteiger partial charge >= 0.3 is 0 Å². The quantitative estimate of drug-likeness (QED) is 0.323. The summed E-state index contributed by atoms with van der Waals surface area (Å²) in [5, 5.41) is 0. The van der Waals surface area contributed by atoms with E-state index in [9.17, 15) is 0 Å². The highest BCUT2D eigenvalue weighted by atomic mass is 28.3. The van der Waals surface area contributed by atoms with E-state index in [2.05, 4.69) is 74.6 Å². The maximum atomic E-state index is 3.81. The molecule has 4 heteroatoms. The predicted octanol–water partition coefficient (Wildman–Crippen LogP) is 6.56. The lowest BCUT2D eigenvalue weighted by Crippen LogP contribution is -2.30. The lowest BCUT2D eigenvalue weighted by molar-refractivity contribution is 0.856. The van der Waals surface area contributed by atoms with Gasteiger partial charge in [-0.05, 0) is 24.2 Å². The molecule has 0 atom stereocenters. The molecular weight excluding hydrogens is 353 g/mol. The van der Waals surface area contributed by atoms with Crippen molar-refractivity contribution < 1.29 is 0 Å². The molecular formula is C20H40Si4. The Balaban J connectivity index is 2.90. The highest BCUT2D eigenvalue weighted by Crippen LogP contribution is 2.22. The molecule has 1 aliphatic heterocycles. The fourth-order valence-electron chi connectivity index (χ4n) is 3.19. The Hall–Kier alpha value is -0.0125. The van der Waals surface area contributed by atoms with Crippen molar-refractivity contribution in [2.75, 3.05) is 0 Å². The molecule has 136 valence electrons. The average molecular weight is 393 g/mol. The minimum atomic E-state index is -1.32. The smallest absolute Gasteiger partial charge is 0.131 e. The molecule has 0 aromatic carbocycles. The molecule has 1 rings (SSSR count). The van der Waals surface area contributed by atoms with E-state index < -0.39 is 32.3 Å². The van der Waals surface area contributed by atoms with E-state index in [1.165, 1.54) is 49.9 Å². The Kier molecular flexibility index (Phi) is 7.88. The minimum absolute atomic E-state index is 1.32. The van der Waals surface area contributed by atoms with E-state index in [1.54, 1.807) is 0 Å². The van der Waals surface area contributed by atoms with Crippen LogP contribution in [-0.2, 0) is 0 Å². The van der Waals surface area contributed by atoms with Crippen LogP contribution in [0.4, 0.5) is 0 Å². The summed E-state index contributed by atoms with van der Waals surface area (Å²) in [6, 6.07) is 5.51. The SMILES string of the molecule is C[Si]1(C)C#C[Si](C)(C)CCCC[Si](C)(C)C#C[Si](C)(C)CCCC1. The standard InChI is InChI=1S/C20H40Si4/c1-21(2)13-9-10-14-23(5,6)19-20-24(7,8)16-12-11-15-22(3,4)18-17-21/h9-16H2,1-8H3. The molecule has 0 aliphatic carbocycles. The van der Waals surface area contributed by atoms with E-state index in [4.69, 9.17) is 0 Å². The topological polar surface area (TPSA) is 0 Å². The van der Waals surface area contributed by atoms with Gasteiger partial charge in [-0.2, -0.15) is 0 Å². The first kappa shape index (κ1) is 22.0. The number of hydrogen-bond acceptors (Lipinski definition) is 0. The van der Waals surface area contributed by atoms with Crippen molar-refractivity contribution in [2.45, 2.75) is 102 Å². The molecule has 0 nitrogen and oxygen atoms in total. The second-order valence-corrected chi connectivity index (χ2v) is 28.5. The van der Waals surface area contributed by atoms with E-state index in [0.717, 1.165) is 0 Å². The van der Waals surface area contributed by atoms with Crippen LogP contribution >= 0.6 is 0 Å². The Labute approximate surface area is 156 Å². The molecule has 0 unspecified atom stereocenters. The van der Waals surface area contributed by atoms with Crippen molar-refractivity contribution in [3.63, 3.8) is 0 Å². The largest absolute Gasteiger partial charge is 0.139 e. The van der Waals surface area contributed by atoms with Gasteiger partial charge < -0.3 is 0 Å².